The maximum absolute atomic E-state index is 12.3. The highest BCUT2D eigenvalue weighted by Gasteiger charge is 2.23. The maximum Gasteiger partial charge on any atom is 0.343 e. The van der Waals surface area contributed by atoms with Crippen LogP contribution in [-0.4, -0.2) is 19.2 Å². The first-order valence-corrected chi connectivity index (χ1v) is 11.9. The van der Waals surface area contributed by atoms with Gasteiger partial charge in [-0.3, -0.25) is 0 Å². The van der Waals surface area contributed by atoms with Gasteiger partial charge in [-0.1, -0.05) is 45.4 Å². The summed E-state index contributed by atoms with van der Waals surface area (Å²) in [5.74, 6) is 3.48. The zero-order valence-corrected chi connectivity index (χ0v) is 19.0. The molecule has 1 fully saturated rings. The quantitative estimate of drug-likeness (QED) is 0.220. The van der Waals surface area contributed by atoms with Crippen molar-refractivity contribution in [3.05, 3.63) is 54.1 Å². The van der Waals surface area contributed by atoms with Crippen molar-refractivity contribution in [2.24, 2.45) is 11.8 Å². The van der Waals surface area contributed by atoms with Gasteiger partial charge in [0.2, 0.25) is 0 Å². The molecule has 4 nitrogen and oxygen atoms in total. The Balaban J connectivity index is 1.41. The lowest BCUT2D eigenvalue weighted by Gasteiger charge is -2.31. The lowest BCUT2D eigenvalue weighted by molar-refractivity contribution is 0.0734. The monoisotopic (exact) mass is 424 g/mol. The van der Waals surface area contributed by atoms with Gasteiger partial charge in [-0.25, -0.2) is 4.79 Å². The minimum absolute atomic E-state index is 0.383. The summed E-state index contributed by atoms with van der Waals surface area (Å²) in [6, 6.07) is 14.2. The highest BCUT2D eigenvalue weighted by atomic mass is 16.5. The van der Waals surface area contributed by atoms with Crippen LogP contribution in [-0.2, 0) is 0 Å². The lowest BCUT2D eigenvalue weighted by Crippen LogP contribution is -2.20. The minimum atomic E-state index is -0.383. The van der Waals surface area contributed by atoms with Gasteiger partial charge in [-0.2, -0.15) is 0 Å². The Hall–Kier alpha value is -2.49. The fourth-order valence-corrected chi connectivity index (χ4v) is 4.57. The first kappa shape index (κ1) is 23.2. The fraction of sp³-hybridized carbons (Fsp3) is 0.519. The number of carbonyl (C=O) groups is 1. The van der Waals surface area contributed by atoms with Crippen molar-refractivity contribution in [1.82, 2.24) is 0 Å². The Kier molecular flexibility index (Phi) is 9.26. The Morgan fingerprint density at radius 3 is 2.03 bits per heavy atom. The molecule has 2 aromatic carbocycles. The second-order valence-corrected chi connectivity index (χ2v) is 8.40. The summed E-state index contributed by atoms with van der Waals surface area (Å²) in [5, 5.41) is 0. The van der Waals surface area contributed by atoms with Gasteiger partial charge in [0.1, 0.15) is 17.2 Å². The predicted molar refractivity (Wildman–Crippen MR) is 124 cm³/mol. The van der Waals surface area contributed by atoms with Crippen molar-refractivity contribution >= 4 is 5.97 Å². The van der Waals surface area contributed by atoms with Crippen molar-refractivity contribution < 1.29 is 19.0 Å². The number of rotatable bonds is 11. The SMILES string of the molecule is CCCC1CCCCC1CCCOc1ccc(OC(=O)c2ccc(OCC)cc2)cc1. The molecule has 0 spiro atoms. The van der Waals surface area contributed by atoms with E-state index in [4.69, 9.17) is 14.2 Å². The van der Waals surface area contributed by atoms with Crippen LogP contribution in [0.2, 0.25) is 0 Å². The lowest BCUT2D eigenvalue weighted by atomic mass is 9.75. The Labute approximate surface area is 186 Å². The number of hydrogen-bond acceptors (Lipinski definition) is 4. The summed E-state index contributed by atoms with van der Waals surface area (Å²) in [6.45, 7) is 5.56. The normalized spacial score (nSPS) is 18.4. The summed E-state index contributed by atoms with van der Waals surface area (Å²) in [7, 11) is 0. The molecule has 2 unspecified atom stereocenters. The van der Waals surface area contributed by atoms with Crippen molar-refractivity contribution in [2.75, 3.05) is 13.2 Å². The van der Waals surface area contributed by atoms with E-state index in [1.165, 1.54) is 44.9 Å². The molecule has 0 amide bonds. The van der Waals surface area contributed by atoms with E-state index in [2.05, 4.69) is 6.92 Å². The Morgan fingerprint density at radius 1 is 0.806 bits per heavy atom. The molecule has 168 valence electrons. The van der Waals surface area contributed by atoms with E-state index in [0.717, 1.165) is 36.4 Å². The summed E-state index contributed by atoms with van der Waals surface area (Å²) in [4.78, 5) is 12.3. The van der Waals surface area contributed by atoms with Crippen molar-refractivity contribution in [2.45, 2.75) is 65.2 Å². The van der Waals surface area contributed by atoms with E-state index in [-0.39, 0.29) is 5.97 Å². The molecular formula is C27H36O4. The molecule has 1 aliphatic carbocycles. The molecule has 0 heterocycles. The number of benzene rings is 2. The highest BCUT2D eigenvalue weighted by Crippen LogP contribution is 2.36. The molecule has 3 rings (SSSR count). The van der Waals surface area contributed by atoms with E-state index >= 15 is 0 Å². The van der Waals surface area contributed by atoms with Crippen LogP contribution < -0.4 is 14.2 Å². The first-order chi connectivity index (χ1) is 15.2. The van der Waals surface area contributed by atoms with E-state index in [0.29, 0.717) is 17.9 Å². The molecule has 1 aliphatic rings. The summed E-state index contributed by atoms with van der Waals surface area (Å²) in [5.41, 5.74) is 0.493. The number of ether oxygens (including phenoxy) is 3. The van der Waals surface area contributed by atoms with Crippen LogP contribution in [0.1, 0.15) is 75.6 Å². The van der Waals surface area contributed by atoms with E-state index in [9.17, 15) is 4.79 Å². The molecule has 0 bridgehead atoms. The molecule has 0 saturated heterocycles. The van der Waals surface area contributed by atoms with Crippen LogP contribution in [0.15, 0.2) is 48.5 Å². The van der Waals surface area contributed by atoms with Gasteiger partial charge < -0.3 is 14.2 Å². The summed E-state index contributed by atoms with van der Waals surface area (Å²) < 4.78 is 16.8. The zero-order chi connectivity index (χ0) is 21.9. The predicted octanol–water partition coefficient (Wildman–Crippen LogP) is 7.07. The molecule has 0 radical (unpaired) electrons. The largest absolute Gasteiger partial charge is 0.494 e. The average Bonchev–Trinajstić information content (AvgIpc) is 2.80. The summed E-state index contributed by atoms with van der Waals surface area (Å²) in [6.07, 6.45) is 10.6. The minimum Gasteiger partial charge on any atom is -0.494 e. The van der Waals surface area contributed by atoms with Crippen molar-refractivity contribution in [3.63, 3.8) is 0 Å². The van der Waals surface area contributed by atoms with Crippen LogP contribution in [0, 0.1) is 11.8 Å². The first-order valence-electron chi connectivity index (χ1n) is 11.9. The van der Waals surface area contributed by atoms with E-state index < -0.39 is 0 Å². The maximum atomic E-state index is 12.3. The molecule has 31 heavy (non-hydrogen) atoms. The number of hydrogen-bond donors (Lipinski definition) is 0. The smallest absolute Gasteiger partial charge is 0.343 e. The van der Waals surface area contributed by atoms with Crippen molar-refractivity contribution in [3.8, 4) is 17.2 Å². The summed E-state index contributed by atoms with van der Waals surface area (Å²) >= 11 is 0. The molecule has 1 saturated carbocycles. The molecule has 0 aliphatic heterocycles. The highest BCUT2D eigenvalue weighted by molar-refractivity contribution is 5.91. The number of esters is 1. The van der Waals surface area contributed by atoms with E-state index in [1.807, 2.05) is 19.1 Å². The third-order valence-electron chi connectivity index (χ3n) is 6.15. The Morgan fingerprint density at radius 2 is 1.39 bits per heavy atom. The van der Waals surface area contributed by atoms with Gasteiger partial charge in [0.15, 0.2) is 0 Å². The van der Waals surface area contributed by atoms with Gasteiger partial charge >= 0.3 is 5.97 Å². The number of carbonyl (C=O) groups excluding carboxylic acids is 1. The second-order valence-electron chi connectivity index (χ2n) is 8.40. The van der Waals surface area contributed by atoms with Crippen molar-refractivity contribution in [1.29, 1.82) is 0 Å². The molecule has 2 atom stereocenters. The molecule has 2 aromatic rings. The van der Waals surface area contributed by atoms with Gasteiger partial charge in [-0.15, -0.1) is 0 Å². The molecule has 0 N–H and O–H groups in total. The van der Waals surface area contributed by atoms with Crippen LogP contribution in [0.3, 0.4) is 0 Å². The Bertz CT molecular complexity index is 780. The fourth-order valence-electron chi connectivity index (χ4n) is 4.57. The standard InChI is InChI=1S/C27H36O4/c1-3-8-21-9-5-6-10-22(21)11-7-20-30-25-16-18-26(19-17-25)31-27(28)23-12-14-24(15-13-23)29-4-2/h12-19,21-22H,3-11,20H2,1-2H3. The van der Waals surface area contributed by atoms with Crippen LogP contribution in [0.25, 0.3) is 0 Å². The third kappa shape index (κ3) is 7.30. The second kappa shape index (κ2) is 12.4. The van der Waals surface area contributed by atoms with Crippen LogP contribution >= 0.6 is 0 Å². The molecule has 0 aromatic heterocycles. The topological polar surface area (TPSA) is 44.8 Å². The van der Waals surface area contributed by atoms with Gasteiger partial charge in [0.25, 0.3) is 0 Å². The van der Waals surface area contributed by atoms with Gasteiger partial charge in [-0.05, 0) is 80.1 Å². The zero-order valence-electron chi connectivity index (χ0n) is 19.0. The van der Waals surface area contributed by atoms with Gasteiger partial charge in [0, 0.05) is 0 Å². The molecular weight excluding hydrogens is 388 g/mol. The average molecular weight is 425 g/mol. The third-order valence-corrected chi connectivity index (χ3v) is 6.15. The van der Waals surface area contributed by atoms with Gasteiger partial charge in [0.05, 0.1) is 18.8 Å². The van der Waals surface area contributed by atoms with Crippen LogP contribution in [0.4, 0.5) is 0 Å². The van der Waals surface area contributed by atoms with E-state index in [1.54, 1.807) is 36.4 Å². The molecule has 4 heteroatoms. The van der Waals surface area contributed by atoms with Crippen LogP contribution in [0.5, 0.6) is 17.2 Å².